The first kappa shape index (κ1) is 21.2. The van der Waals surface area contributed by atoms with Crippen LogP contribution in [-0.2, 0) is 4.79 Å². The molecular weight excluding hydrogens is 382 g/mol. The largest absolute Gasteiger partial charge is 0.504 e. The van der Waals surface area contributed by atoms with Crippen molar-refractivity contribution in [2.45, 2.75) is 19.9 Å². The fourth-order valence-electron chi connectivity index (χ4n) is 2.40. The average molecular weight is 404 g/mol. The minimum atomic E-state index is -0.780. The second-order valence-corrected chi connectivity index (χ2v) is 6.81. The molecule has 1 atom stereocenters. The molecule has 148 valence electrons. The van der Waals surface area contributed by atoms with E-state index in [0.29, 0.717) is 21.9 Å². The third-order valence-corrected chi connectivity index (χ3v) is 4.15. The molecule has 0 aliphatic heterocycles. The number of halogens is 1. The van der Waals surface area contributed by atoms with Crippen LogP contribution in [-0.4, -0.2) is 36.3 Å². The van der Waals surface area contributed by atoms with Crippen molar-refractivity contribution in [2.24, 2.45) is 11.0 Å². The molecule has 0 saturated carbocycles. The van der Waals surface area contributed by atoms with E-state index in [0.717, 1.165) is 0 Å². The number of aromatic hydroxyl groups is 1. The third kappa shape index (κ3) is 5.72. The number of phenols is 1. The van der Waals surface area contributed by atoms with E-state index in [1.54, 1.807) is 30.3 Å². The van der Waals surface area contributed by atoms with Gasteiger partial charge in [-0.3, -0.25) is 9.59 Å². The molecule has 3 N–H and O–H groups in total. The van der Waals surface area contributed by atoms with Gasteiger partial charge in [-0.05, 0) is 47.9 Å². The number of nitrogens with zero attached hydrogens (tertiary/aromatic N) is 1. The zero-order valence-electron chi connectivity index (χ0n) is 15.8. The standard InChI is InChI=1S/C20H22ClN3O4/c1-12(2)18(23-19(26)14-5-4-6-15(21)10-14)20(27)24-22-11-13-7-8-16(25)17(9-13)28-3/h4-12,18,25H,1-3H3,(H,23,26)(H,24,27)/b22-11+. The number of hydrogen-bond acceptors (Lipinski definition) is 5. The maximum absolute atomic E-state index is 12.5. The van der Waals surface area contributed by atoms with Gasteiger partial charge in [0.05, 0.1) is 13.3 Å². The maximum Gasteiger partial charge on any atom is 0.262 e. The van der Waals surface area contributed by atoms with Crippen LogP contribution >= 0.6 is 11.6 Å². The van der Waals surface area contributed by atoms with Crippen molar-refractivity contribution < 1.29 is 19.4 Å². The van der Waals surface area contributed by atoms with Gasteiger partial charge >= 0.3 is 0 Å². The summed E-state index contributed by atoms with van der Waals surface area (Å²) < 4.78 is 5.02. The first-order valence-corrected chi connectivity index (χ1v) is 8.96. The molecule has 28 heavy (non-hydrogen) atoms. The van der Waals surface area contributed by atoms with Gasteiger partial charge in [-0.1, -0.05) is 31.5 Å². The van der Waals surface area contributed by atoms with Crippen LogP contribution in [0.25, 0.3) is 0 Å². The van der Waals surface area contributed by atoms with Gasteiger partial charge in [-0.25, -0.2) is 5.43 Å². The number of ether oxygens (including phenoxy) is 1. The maximum atomic E-state index is 12.5. The SMILES string of the molecule is COc1cc(/C=N/NC(=O)C(NC(=O)c2cccc(Cl)c2)C(C)C)ccc1O. The zero-order chi connectivity index (χ0) is 20.7. The van der Waals surface area contributed by atoms with E-state index in [9.17, 15) is 14.7 Å². The Balaban J connectivity index is 2.03. The average Bonchev–Trinajstić information content (AvgIpc) is 2.66. The van der Waals surface area contributed by atoms with Gasteiger partial charge in [0, 0.05) is 10.6 Å². The number of hydrogen-bond donors (Lipinski definition) is 3. The number of hydrazone groups is 1. The summed E-state index contributed by atoms with van der Waals surface area (Å²) in [5.74, 6) is -0.709. The molecule has 0 heterocycles. The summed E-state index contributed by atoms with van der Waals surface area (Å²) in [6.45, 7) is 3.63. The number of benzene rings is 2. The predicted molar refractivity (Wildman–Crippen MR) is 108 cm³/mol. The van der Waals surface area contributed by atoms with E-state index in [-0.39, 0.29) is 11.7 Å². The molecule has 0 bridgehead atoms. The second-order valence-electron chi connectivity index (χ2n) is 6.37. The van der Waals surface area contributed by atoms with E-state index in [1.165, 1.54) is 25.5 Å². The third-order valence-electron chi connectivity index (χ3n) is 3.91. The molecule has 0 radical (unpaired) electrons. The quantitative estimate of drug-likeness (QED) is 0.488. The Hall–Kier alpha value is -3.06. The number of nitrogens with one attached hydrogen (secondary N) is 2. The summed E-state index contributed by atoms with van der Waals surface area (Å²) in [7, 11) is 1.44. The van der Waals surface area contributed by atoms with Crippen LogP contribution < -0.4 is 15.5 Å². The number of phenolic OH excluding ortho intramolecular Hbond substituents is 1. The van der Waals surface area contributed by atoms with Gasteiger partial charge in [0.2, 0.25) is 0 Å². The van der Waals surface area contributed by atoms with E-state index in [1.807, 2.05) is 13.8 Å². The molecule has 0 aromatic heterocycles. The Bertz CT molecular complexity index is 884. The van der Waals surface area contributed by atoms with Crippen LogP contribution in [0.1, 0.15) is 29.8 Å². The minimum Gasteiger partial charge on any atom is -0.504 e. The Kier molecular flexibility index (Phi) is 7.40. The molecule has 0 spiro atoms. The van der Waals surface area contributed by atoms with Gasteiger partial charge in [-0.2, -0.15) is 5.10 Å². The predicted octanol–water partition coefficient (Wildman–Crippen LogP) is 2.96. The van der Waals surface area contributed by atoms with E-state index < -0.39 is 17.9 Å². The topological polar surface area (TPSA) is 100 Å². The first-order valence-electron chi connectivity index (χ1n) is 8.58. The molecular formula is C20H22ClN3O4. The number of methoxy groups -OCH3 is 1. The molecule has 2 aromatic rings. The van der Waals surface area contributed by atoms with E-state index in [2.05, 4.69) is 15.8 Å². The first-order chi connectivity index (χ1) is 13.3. The number of rotatable bonds is 7. The summed E-state index contributed by atoms with van der Waals surface area (Å²) in [5, 5.41) is 16.6. The van der Waals surface area contributed by atoms with E-state index >= 15 is 0 Å². The van der Waals surface area contributed by atoms with E-state index in [4.69, 9.17) is 16.3 Å². The van der Waals surface area contributed by atoms with Crippen LogP contribution in [0.5, 0.6) is 11.5 Å². The molecule has 1 unspecified atom stereocenters. The summed E-state index contributed by atoms with van der Waals surface area (Å²) in [5.41, 5.74) is 3.41. The fraction of sp³-hybridized carbons (Fsp3) is 0.250. The number of carbonyl (C=O) groups is 2. The second kappa shape index (κ2) is 9.75. The highest BCUT2D eigenvalue weighted by Crippen LogP contribution is 2.25. The summed E-state index contributed by atoms with van der Waals surface area (Å²) in [6, 6.07) is 10.4. The molecule has 0 aliphatic carbocycles. The van der Waals surface area contributed by atoms with Crippen molar-refractivity contribution in [2.75, 3.05) is 7.11 Å². The van der Waals surface area contributed by atoms with Crippen molar-refractivity contribution >= 4 is 29.6 Å². The minimum absolute atomic E-state index is 0.00675. The van der Waals surface area contributed by atoms with Crippen LogP contribution in [0.15, 0.2) is 47.6 Å². The van der Waals surface area contributed by atoms with Gasteiger partial charge in [0.25, 0.3) is 11.8 Å². The normalized spacial score (nSPS) is 12.0. The van der Waals surface area contributed by atoms with Gasteiger partial charge in [0.1, 0.15) is 6.04 Å². The van der Waals surface area contributed by atoms with Crippen LogP contribution in [0.3, 0.4) is 0 Å². The van der Waals surface area contributed by atoms with Crippen LogP contribution in [0, 0.1) is 5.92 Å². The summed E-state index contributed by atoms with van der Waals surface area (Å²) in [4.78, 5) is 24.8. The highest BCUT2D eigenvalue weighted by atomic mass is 35.5. The van der Waals surface area contributed by atoms with Crippen LogP contribution in [0.4, 0.5) is 0 Å². The summed E-state index contributed by atoms with van der Waals surface area (Å²) >= 11 is 5.91. The van der Waals surface area contributed by atoms with Gasteiger partial charge in [-0.15, -0.1) is 0 Å². The van der Waals surface area contributed by atoms with Crippen LogP contribution in [0.2, 0.25) is 5.02 Å². The molecule has 2 rings (SSSR count). The number of carbonyl (C=O) groups excluding carboxylic acids is 2. The monoisotopic (exact) mass is 403 g/mol. The van der Waals surface area contributed by atoms with Crippen molar-refractivity contribution in [3.8, 4) is 11.5 Å². The highest BCUT2D eigenvalue weighted by molar-refractivity contribution is 6.31. The molecule has 0 saturated heterocycles. The Morgan fingerprint density at radius 3 is 2.61 bits per heavy atom. The Morgan fingerprint density at radius 1 is 1.21 bits per heavy atom. The molecule has 8 heteroatoms. The van der Waals surface area contributed by atoms with Gasteiger partial charge in [0.15, 0.2) is 11.5 Å². The zero-order valence-corrected chi connectivity index (χ0v) is 16.5. The molecule has 7 nitrogen and oxygen atoms in total. The van der Waals surface area contributed by atoms with Crippen molar-refractivity contribution in [3.05, 3.63) is 58.6 Å². The lowest BCUT2D eigenvalue weighted by molar-refractivity contribution is -0.123. The summed E-state index contributed by atoms with van der Waals surface area (Å²) in [6.07, 6.45) is 1.41. The molecule has 2 aromatic carbocycles. The van der Waals surface area contributed by atoms with Crippen molar-refractivity contribution in [3.63, 3.8) is 0 Å². The van der Waals surface area contributed by atoms with Crippen molar-refractivity contribution in [1.82, 2.24) is 10.7 Å². The number of amides is 2. The van der Waals surface area contributed by atoms with Crippen molar-refractivity contribution in [1.29, 1.82) is 0 Å². The Morgan fingerprint density at radius 2 is 1.96 bits per heavy atom. The lowest BCUT2D eigenvalue weighted by atomic mass is 10.0. The molecule has 0 aliphatic rings. The lowest BCUT2D eigenvalue weighted by Crippen LogP contribution is -2.48. The fourth-order valence-corrected chi connectivity index (χ4v) is 2.59. The smallest absolute Gasteiger partial charge is 0.262 e. The molecule has 2 amide bonds. The lowest BCUT2D eigenvalue weighted by Gasteiger charge is -2.20. The van der Waals surface area contributed by atoms with Gasteiger partial charge < -0.3 is 15.2 Å². The molecule has 0 fully saturated rings. The highest BCUT2D eigenvalue weighted by Gasteiger charge is 2.24. The Labute approximate surface area is 168 Å².